The Labute approximate surface area is 277 Å². The van der Waals surface area contributed by atoms with E-state index in [0.29, 0.717) is 0 Å². The van der Waals surface area contributed by atoms with Crippen LogP contribution < -0.4 is 0 Å². The zero-order valence-corrected chi connectivity index (χ0v) is 27.5. The van der Waals surface area contributed by atoms with Gasteiger partial charge in [-0.15, -0.1) is 54.1 Å². The Morgan fingerprint density at radius 3 is 2.42 bits per heavy atom. The van der Waals surface area contributed by atoms with E-state index in [-0.39, 0.29) is 20.1 Å². The number of furan rings is 1. The summed E-state index contributed by atoms with van der Waals surface area (Å²) >= 11 is 0. The number of nitrogens with zero attached hydrogens (tertiary/aromatic N) is 4. The summed E-state index contributed by atoms with van der Waals surface area (Å²) in [7, 11) is 0. The minimum atomic E-state index is -0.700. The number of aryl methyl sites for hydroxylation is 1. The van der Waals surface area contributed by atoms with E-state index in [4.69, 9.17) is 10.8 Å². The monoisotopic (exact) mass is 764 g/mol. The fourth-order valence-corrected chi connectivity index (χ4v) is 5.48. The van der Waals surface area contributed by atoms with Crippen LogP contribution in [0.25, 0.3) is 61.3 Å². The van der Waals surface area contributed by atoms with Crippen LogP contribution in [0.4, 0.5) is 0 Å². The van der Waals surface area contributed by atoms with Gasteiger partial charge in [0.2, 0.25) is 0 Å². The number of imidazole rings is 1. The standard InChI is InChI=1S/C28H22N3O.C11H8N.Ir/c1-17(2)19-12-13-21-22-10-7-11-23(27(22)32-25(21)14-19)28-30-24-16-29-15-18(3)26(24)31(28)20-8-5-4-6-9-20;1-2-6-10(7-3-1)11-8-4-5-9-12-11;/h4-10,12-17H,1-3H3;1-6,8-9H;/q2*-1;/i17D;;. The summed E-state index contributed by atoms with van der Waals surface area (Å²) in [5.41, 5.74) is 9.15. The molecule has 0 bridgehead atoms. The molecule has 4 heterocycles. The Kier molecular flexibility index (Phi) is 8.33. The maximum atomic E-state index is 8.40. The first-order valence-corrected chi connectivity index (χ1v) is 14.5. The summed E-state index contributed by atoms with van der Waals surface area (Å²) in [4.78, 5) is 13.6. The van der Waals surface area contributed by atoms with E-state index in [2.05, 4.69) is 45.7 Å². The van der Waals surface area contributed by atoms with Crippen molar-refractivity contribution in [2.24, 2.45) is 0 Å². The van der Waals surface area contributed by atoms with E-state index in [1.54, 1.807) is 12.4 Å². The summed E-state index contributed by atoms with van der Waals surface area (Å²) < 4.78 is 17.0. The van der Waals surface area contributed by atoms with Crippen LogP contribution >= 0.6 is 0 Å². The number of hydrogen-bond acceptors (Lipinski definition) is 4. The molecule has 4 aromatic heterocycles. The van der Waals surface area contributed by atoms with E-state index in [1.807, 2.05) is 111 Å². The third kappa shape index (κ3) is 5.83. The second kappa shape index (κ2) is 13.0. The van der Waals surface area contributed by atoms with Crippen molar-refractivity contribution < 1.29 is 25.9 Å². The molecular weight excluding hydrogens is 733 g/mol. The molecule has 0 fully saturated rings. The predicted molar refractivity (Wildman–Crippen MR) is 178 cm³/mol. The molecule has 0 saturated carbocycles. The van der Waals surface area contributed by atoms with Gasteiger partial charge in [-0.1, -0.05) is 67.3 Å². The van der Waals surface area contributed by atoms with Gasteiger partial charge in [0.25, 0.3) is 0 Å². The Balaban J connectivity index is 0.000000241. The van der Waals surface area contributed by atoms with Gasteiger partial charge in [0.05, 0.1) is 28.6 Å². The zero-order valence-electron chi connectivity index (χ0n) is 26.1. The summed E-state index contributed by atoms with van der Waals surface area (Å²) in [6, 6.07) is 40.4. The molecule has 8 rings (SSSR count). The minimum Gasteiger partial charge on any atom is -0.501 e. The topological polar surface area (TPSA) is 56.7 Å². The number of rotatable bonds is 4. The molecule has 5 nitrogen and oxygen atoms in total. The molecular formula is C39H30IrN4O-2. The Morgan fingerprint density at radius 2 is 1.67 bits per heavy atom. The van der Waals surface area contributed by atoms with Crippen molar-refractivity contribution in [2.45, 2.75) is 26.7 Å². The number of fused-ring (bicyclic) bond motifs is 4. The molecule has 0 saturated heterocycles. The second-order valence-electron chi connectivity index (χ2n) is 10.8. The molecule has 4 aromatic carbocycles. The van der Waals surface area contributed by atoms with Gasteiger partial charge >= 0.3 is 0 Å². The molecule has 0 atom stereocenters. The molecule has 0 unspecified atom stereocenters. The zero-order chi connectivity index (χ0) is 31.0. The molecule has 0 amide bonds. The first-order valence-electron chi connectivity index (χ1n) is 15.0. The molecule has 223 valence electrons. The van der Waals surface area contributed by atoms with E-state index in [1.165, 1.54) is 0 Å². The van der Waals surface area contributed by atoms with E-state index in [9.17, 15) is 0 Å². The largest absolute Gasteiger partial charge is 0.501 e. The maximum Gasteiger partial charge on any atom is 0.121 e. The third-order valence-corrected chi connectivity index (χ3v) is 7.64. The number of benzene rings is 4. The fraction of sp³-hybridized carbons (Fsp3) is 0.103. The van der Waals surface area contributed by atoms with Crippen LogP contribution in [0.5, 0.6) is 0 Å². The average Bonchev–Trinajstić information content (AvgIpc) is 3.65. The Hall–Kier alpha value is -4.90. The molecule has 8 aromatic rings. The average molecular weight is 764 g/mol. The number of hydrogen-bond donors (Lipinski definition) is 0. The molecule has 6 heteroatoms. The number of pyridine rings is 2. The fourth-order valence-electron chi connectivity index (χ4n) is 5.48. The van der Waals surface area contributed by atoms with Crippen LogP contribution in [0.3, 0.4) is 0 Å². The summed E-state index contributed by atoms with van der Waals surface area (Å²) in [6.07, 6.45) is 5.45. The minimum absolute atomic E-state index is 0. The number of para-hydroxylation sites is 1. The molecule has 0 aliphatic rings. The first-order chi connectivity index (χ1) is 21.9. The predicted octanol–water partition coefficient (Wildman–Crippen LogP) is 9.77. The Bertz CT molecular complexity index is 2220. The van der Waals surface area contributed by atoms with Crippen LogP contribution in [0, 0.1) is 19.1 Å². The van der Waals surface area contributed by atoms with Crippen molar-refractivity contribution >= 4 is 33.0 Å². The van der Waals surface area contributed by atoms with Gasteiger partial charge < -0.3 is 14.0 Å². The van der Waals surface area contributed by atoms with Crippen molar-refractivity contribution in [1.29, 1.82) is 0 Å². The summed E-state index contributed by atoms with van der Waals surface area (Å²) in [5, 5.41) is 2.03. The van der Waals surface area contributed by atoms with Crippen molar-refractivity contribution in [3.8, 4) is 28.3 Å². The van der Waals surface area contributed by atoms with Crippen LogP contribution in [-0.4, -0.2) is 19.5 Å². The van der Waals surface area contributed by atoms with Crippen molar-refractivity contribution in [2.75, 3.05) is 0 Å². The SMILES string of the molecule is [2H]C(C)(C)c1ccc2c(c1)oc1c(-c3nc4cncc(C)c4n3-c3ccccc3)[c-]ccc12.[Ir].[c-]1ccccc1-c1ccccn1. The van der Waals surface area contributed by atoms with Crippen LogP contribution in [0.15, 0.2) is 126 Å². The Morgan fingerprint density at radius 1 is 0.844 bits per heavy atom. The van der Waals surface area contributed by atoms with Crippen LogP contribution in [0.2, 0.25) is 0 Å². The third-order valence-electron chi connectivity index (χ3n) is 7.64. The first kappa shape index (κ1) is 28.8. The van der Waals surface area contributed by atoms with Gasteiger partial charge in [0.1, 0.15) is 5.58 Å². The smallest absolute Gasteiger partial charge is 0.121 e. The van der Waals surface area contributed by atoms with Crippen LogP contribution in [-0.2, 0) is 20.1 Å². The summed E-state index contributed by atoms with van der Waals surface area (Å²) in [5.74, 6) is 0.0616. The van der Waals surface area contributed by atoms with Gasteiger partial charge in [0.15, 0.2) is 0 Å². The maximum absolute atomic E-state index is 8.40. The van der Waals surface area contributed by atoms with E-state index < -0.39 is 5.89 Å². The second-order valence-corrected chi connectivity index (χ2v) is 10.8. The van der Waals surface area contributed by atoms with E-state index >= 15 is 0 Å². The summed E-state index contributed by atoms with van der Waals surface area (Å²) in [6.45, 7) is 5.82. The molecule has 1 radical (unpaired) electrons. The van der Waals surface area contributed by atoms with Crippen molar-refractivity contribution in [3.63, 3.8) is 0 Å². The van der Waals surface area contributed by atoms with Gasteiger partial charge in [-0.3, -0.25) is 9.97 Å². The normalized spacial score (nSPS) is 11.6. The quantitative estimate of drug-likeness (QED) is 0.168. The van der Waals surface area contributed by atoms with Gasteiger partial charge in [0, 0.05) is 44.9 Å². The van der Waals surface area contributed by atoms with E-state index in [0.717, 1.165) is 72.4 Å². The van der Waals surface area contributed by atoms with Crippen molar-refractivity contribution in [3.05, 3.63) is 145 Å². The molecule has 0 aliphatic carbocycles. The molecule has 0 N–H and O–H groups in total. The molecule has 0 aliphatic heterocycles. The number of aromatic nitrogens is 4. The van der Waals surface area contributed by atoms with Crippen LogP contribution in [0.1, 0.15) is 32.2 Å². The van der Waals surface area contributed by atoms with Gasteiger partial charge in [-0.2, -0.15) is 0 Å². The van der Waals surface area contributed by atoms with Gasteiger partial charge in [-0.25, -0.2) is 0 Å². The van der Waals surface area contributed by atoms with Crippen molar-refractivity contribution in [1.82, 2.24) is 19.5 Å². The molecule has 45 heavy (non-hydrogen) atoms. The molecule has 0 spiro atoms. The van der Waals surface area contributed by atoms with Gasteiger partial charge in [-0.05, 0) is 53.9 Å².